The van der Waals surface area contributed by atoms with Crippen molar-refractivity contribution in [2.75, 3.05) is 31.1 Å². The van der Waals surface area contributed by atoms with Crippen LogP contribution in [0.25, 0.3) is 0 Å². The standard InChI is InChI=1S/C14H20N4O3/c19-8-14-3-1-4-16-11(14)2-5-18(7-14)12-10(13(20)21)6-15-9-17-12/h6,9,11,16,19H,1-5,7-8H2,(H,20,21)/t11-,14-/m1/s1. The van der Waals surface area contributed by atoms with Crippen LogP contribution in [-0.2, 0) is 0 Å². The number of aromatic carboxylic acids is 1. The summed E-state index contributed by atoms with van der Waals surface area (Å²) in [6.45, 7) is 2.45. The molecule has 3 N–H and O–H groups in total. The highest BCUT2D eigenvalue weighted by molar-refractivity contribution is 5.92. The molecule has 0 radical (unpaired) electrons. The molecule has 0 amide bonds. The summed E-state index contributed by atoms with van der Waals surface area (Å²) in [5, 5.41) is 22.7. The van der Waals surface area contributed by atoms with E-state index < -0.39 is 5.97 Å². The molecule has 0 unspecified atom stereocenters. The van der Waals surface area contributed by atoms with Crippen molar-refractivity contribution in [3.63, 3.8) is 0 Å². The zero-order valence-electron chi connectivity index (χ0n) is 11.8. The van der Waals surface area contributed by atoms with Gasteiger partial charge in [0.05, 0.1) is 6.61 Å². The molecule has 7 nitrogen and oxygen atoms in total. The maximum Gasteiger partial charge on any atom is 0.341 e. The molecule has 2 saturated heterocycles. The van der Waals surface area contributed by atoms with Gasteiger partial charge in [0.15, 0.2) is 0 Å². The molecule has 0 aliphatic carbocycles. The molecule has 2 aliphatic heterocycles. The Hall–Kier alpha value is -1.73. The molecule has 1 aromatic rings. The van der Waals surface area contributed by atoms with Gasteiger partial charge in [-0.2, -0.15) is 0 Å². The van der Waals surface area contributed by atoms with E-state index >= 15 is 0 Å². The molecule has 0 aromatic carbocycles. The van der Waals surface area contributed by atoms with Crippen LogP contribution in [0.4, 0.5) is 5.82 Å². The van der Waals surface area contributed by atoms with Crippen molar-refractivity contribution in [2.45, 2.75) is 25.3 Å². The number of anilines is 1. The van der Waals surface area contributed by atoms with Crippen LogP contribution < -0.4 is 10.2 Å². The molecule has 0 saturated carbocycles. The fourth-order valence-corrected chi connectivity index (χ4v) is 3.60. The molecule has 2 aliphatic rings. The van der Waals surface area contributed by atoms with Crippen molar-refractivity contribution in [1.29, 1.82) is 0 Å². The third-order valence-electron chi connectivity index (χ3n) is 4.71. The second-order valence-electron chi connectivity index (χ2n) is 5.91. The zero-order chi connectivity index (χ0) is 14.9. The number of aromatic nitrogens is 2. The largest absolute Gasteiger partial charge is 0.477 e. The monoisotopic (exact) mass is 292 g/mol. The Morgan fingerprint density at radius 3 is 3.19 bits per heavy atom. The Balaban J connectivity index is 1.89. The number of carboxylic acids is 1. The van der Waals surface area contributed by atoms with Crippen LogP contribution in [0.5, 0.6) is 0 Å². The van der Waals surface area contributed by atoms with Gasteiger partial charge in [-0.1, -0.05) is 0 Å². The van der Waals surface area contributed by atoms with Gasteiger partial charge in [-0.05, 0) is 25.8 Å². The Kier molecular flexibility index (Phi) is 3.77. The van der Waals surface area contributed by atoms with Crippen LogP contribution in [-0.4, -0.2) is 58.4 Å². The molecule has 7 heteroatoms. The van der Waals surface area contributed by atoms with E-state index in [2.05, 4.69) is 15.3 Å². The third-order valence-corrected chi connectivity index (χ3v) is 4.71. The first-order valence-corrected chi connectivity index (χ1v) is 7.29. The predicted octanol–water partition coefficient (Wildman–Crippen LogP) is 0.116. The number of aliphatic hydroxyl groups is 1. The molecule has 0 spiro atoms. The van der Waals surface area contributed by atoms with Crippen LogP contribution in [0.15, 0.2) is 12.5 Å². The average molecular weight is 292 g/mol. The highest BCUT2D eigenvalue weighted by atomic mass is 16.4. The lowest BCUT2D eigenvalue weighted by molar-refractivity contribution is 0.0402. The zero-order valence-corrected chi connectivity index (χ0v) is 11.8. The summed E-state index contributed by atoms with van der Waals surface area (Å²) >= 11 is 0. The lowest BCUT2D eigenvalue weighted by atomic mass is 9.71. The number of hydrogen-bond acceptors (Lipinski definition) is 6. The number of nitrogens with one attached hydrogen (secondary N) is 1. The van der Waals surface area contributed by atoms with Crippen molar-refractivity contribution in [3.8, 4) is 0 Å². The molecule has 21 heavy (non-hydrogen) atoms. The normalized spacial score (nSPS) is 29.0. The summed E-state index contributed by atoms with van der Waals surface area (Å²) in [4.78, 5) is 21.3. The van der Waals surface area contributed by atoms with E-state index in [9.17, 15) is 15.0 Å². The van der Waals surface area contributed by atoms with Crippen LogP contribution >= 0.6 is 0 Å². The van der Waals surface area contributed by atoms with Gasteiger partial charge in [0.25, 0.3) is 0 Å². The van der Waals surface area contributed by atoms with Gasteiger partial charge >= 0.3 is 5.97 Å². The number of piperidine rings is 2. The van der Waals surface area contributed by atoms with Gasteiger partial charge in [-0.15, -0.1) is 0 Å². The fourth-order valence-electron chi connectivity index (χ4n) is 3.60. The Morgan fingerprint density at radius 2 is 2.43 bits per heavy atom. The summed E-state index contributed by atoms with van der Waals surface area (Å²) < 4.78 is 0. The summed E-state index contributed by atoms with van der Waals surface area (Å²) in [7, 11) is 0. The van der Waals surface area contributed by atoms with Gasteiger partial charge in [0, 0.05) is 30.7 Å². The molecule has 2 atom stereocenters. The first kappa shape index (κ1) is 14.2. The van der Waals surface area contributed by atoms with Crippen molar-refractivity contribution in [1.82, 2.24) is 15.3 Å². The van der Waals surface area contributed by atoms with Crippen LogP contribution in [0.2, 0.25) is 0 Å². The molecule has 114 valence electrons. The number of carboxylic acid groups (broad SMARTS) is 1. The van der Waals surface area contributed by atoms with Gasteiger partial charge in [-0.3, -0.25) is 0 Å². The topological polar surface area (TPSA) is 98.6 Å². The number of nitrogens with zero attached hydrogens (tertiary/aromatic N) is 3. The van der Waals surface area contributed by atoms with Crippen molar-refractivity contribution in [2.24, 2.45) is 5.41 Å². The molecule has 0 bridgehead atoms. The number of hydrogen-bond donors (Lipinski definition) is 3. The number of rotatable bonds is 3. The van der Waals surface area contributed by atoms with E-state index in [-0.39, 0.29) is 17.6 Å². The molecule has 3 heterocycles. The van der Waals surface area contributed by atoms with E-state index in [4.69, 9.17) is 0 Å². The lowest BCUT2D eigenvalue weighted by Gasteiger charge is -2.50. The fraction of sp³-hybridized carbons (Fsp3) is 0.643. The smallest absolute Gasteiger partial charge is 0.341 e. The van der Waals surface area contributed by atoms with E-state index in [1.54, 1.807) is 0 Å². The van der Waals surface area contributed by atoms with Crippen molar-refractivity contribution in [3.05, 3.63) is 18.1 Å². The first-order chi connectivity index (χ1) is 10.2. The van der Waals surface area contributed by atoms with E-state index in [0.29, 0.717) is 18.4 Å². The van der Waals surface area contributed by atoms with Gasteiger partial charge in [0.2, 0.25) is 0 Å². The maximum absolute atomic E-state index is 11.3. The van der Waals surface area contributed by atoms with Gasteiger partial charge in [-0.25, -0.2) is 14.8 Å². The van der Waals surface area contributed by atoms with Crippen LogP contribution in [0.3, 0.4) is 0 Å². The minimum absolute atomic E-state index is 0.106. The maximum atomic E-state index is 11.3. The van der Waals surface area contributed by atoms with E-state index in [0.717, 1.165) is 32.4 Å². The summed E-state index contributed by atoms with van der Waals surface area (Å²) in [5.74, 6) is -0.568. The van der Waals surface area contributed by atoms with Crippen molar-refractivity contribution < 1.29 is 15.0 Å². The lowest BCUT2D eigenvalue weighted by Crippen LogP contribution is -2.61. The molecular formula is C14H20N4O3. The number of fused-ring (bicyclic) bond motifs is 1. The highest BCUT2D eigenvalue weighted by Crippen LogP contribution is 2.38. The number of carbonyl (C=O) groups is 1. The van der Waals surface area contributed by atoms with Crippen molar-refractivity contribution >= 4 is 11.8 Å². The summed E-state index contributed by atoms with van der Waals surface area (Å²) in [6, 6.07) is 0.294. The second-order valence-corrected chi connectivity index (χ2v) is 5.91. The molecular weight excluding hydrogens is 272 g/mol. The summed E-state index contributed by atoms with van der Waals surface area (Å²) in [5.41, 5.74) is -0.0927. The van der Waals surface area contributed by atoms with Gasteiger partial charge in [0.1, 0.15) is 17.7 Å². The molecule has 3 rings (SSSR count). The average Bonchev–Trinajstić information content (AvgIpc) is 2.54. The third kappa shape index (κ3) is 2.47. The molecule has 1 aromatic heterocycles. The minimum Gasteiger partial charge on any atom is -0.477 e. The number of aliphatic hydroxyl groups excluding tert-OH is 1. The predicted molar refractivity (Wildman–Crippen MR) is 76.4 cm³/mol. The quantitative estimate of drug-likeness (QED) is 0.727. The first-order valence-electron chi connectivity index (χ1n) is 7.29. The Morgan fingerprint density at radius 1 is 1.57 bits per heavy atom. The highest BCUT2D eigenvalue weighted by Gasteiger charge is 2.45. The second kappa shape index (κ2) is 5.57. The molecule has 2 fully saturated rings. The van der Waals surface area contributed by atoms with Crippen LogP contribution in [0, 0.1) is 5.41 Å². The minimum atomic E-state index is -1.02. The summed E-state index contributed by atoms with van der Waals surface area (Å²) in [6.07, 6.45) is 5.56. The SMILES string of the molecule is O=C(O)c1cncnc1N1CC[C@H]2NCCC[C@]2(CO)C1. The Labute approximate surface area is 123 Å². The van der Waals surface area contributed by atoms with Crippen LogP contribution in [0.1, 0.15) is 29.6 Å². The van der Waals surface area contributed by atoms with E-state index in [1.165, 1.54) is 12.5 Å². The Bertz CT molecular complexity index is 539. The van der Waals surface area contributed by atoms with Gasteiger partial charge < -0.3 is 20.4 Å². The van der Waals surface area contributed by atoms with E-state index in [1.807, 2.05) is 4.90 Å².